The Kier molecular flexibility index (Phi) is 5.34. The zero-order chi connectivity index (χ0) is 20.5. The number of nitro groups is 1. The molecule has 10 heteroatoms. The lowest BCUT2D eigenvalue weighted by atomic mass is 9.96. The minimum absolute atomic E-state index is 0.0363. The highest BCUT2D eigenvalue weighted by Gasteiger charge is 2.29. The van der Waals surface area contributed by atoms with E-state index >= 15 is 0 Å². The summed E-state index contributed by atoms with van der Waals surface area (Å²) in [6.45, 7) is 1.51. The van der Waals surface area contributed by atoms with Crippen molar-refractivity contribution in [1.29, 1.82) is 0 Å². The van der Waals surface area contributed by atoms with Gasteiger partial charge in [-0.1, -0.05) is 18.2 Å². The van der Waals surface area contributed by atoms with Crippen molar-refractivity contribution >= 4 is 27.3 Å². The molecule has 3 rings (SSSR count). The summed E-state index contributed by atoms with van der Waals surface area (Å²) in [5.41, 5.74) is 1.28. The molecule has 0 radical (unpaired) electrons. The number of carbonyl (C=O) groups is 1. The smallest absolute Gasteiger partial charge is 0.312 e. The minimum Gasteiger partial charge on any atom is -0.477 e. The molecule has 28 heavy (non-hydrogen) atoms. The molecule has 1 amide bonds. The van der Waals surface area contributed by atoms with E-state index in [0.717, 1.165) is 42.3 Å². The second-order valence-electron chi connectivity index (χ2n) is 6.50. The Labute approximate surface area is 161 Å². The topological polar surface area (TPSA) is 133 Å². The largest absolute Gasteiger partial charge is 0.477 e. The van der Waals surface area contributed by atoms with Crippen LogP contribution in [0.2, 0.25) is 0 Å². The molecule has 0 aliphatic carbocycles. The average molecular weight is 405 g/mol. The summed E-state index contributed by atoms with van der Waals surface area (Å²) in [6.07, 6.45) is 1.66. The molecule has 148 valence electrons. The maximum absolute atomic E-state index is 12.8. The molecule has 1 atom stereocenters. The number of primary sulfonamides is 1. The second-order valence-corrected chi connectivity index (χ2v) is 8.06. The van der Waals surface area contributed by atoms with Crippen LogP contribution in [0, 0.1) is 10.1 Å². The highest BCUT2D eigenvalue weighted by molar-refractivity contribution is 7.89. The first-order valence-corrected chi connectivity index (χ1v) is 10.1. The fourth-order valence-electron chi connectivity index (χ4n) is 3.22. The maximum Gasteiger partial charge on any atom is 0.312 e. The molecule has 0 spiro atoms. The number of nitrogens with two attached hydrogens (primary N) is 1. The quantitative estimate of drug-likeness (QED) is 0.597. The number of ether oxygens (including phenoxy) is 1. The number of amides is 1. The van der Waals surface area contributed by atoms with Gasteiger partial charge in [0.1, 0.15) is 0 Å². The minimum atomic E-state index is -4.10. The van der Waals surface area contributed by atoms with Crippen LogP contribution in [0.25, 0.3) is 0 Å². The molecule has 1 unspecified atom stereocenters. The summed E-state index contributed by atoms with van der Waals surface area (Å²) in [4.78, 5) is 24.5. The van der Waals surface area contributed by atoms with Crippen LogP contribution in [-0.4, -0.2) is 31.9 Å². The van der Waals surface area contributed by atoms with Crippen LogP contribution in [0.4, 0.5) is 11.4 Å². The molecule has 2 aromatic rings. The number of rotatable bonds is 5. The fourth-order valence-corrected chi connectivity index (χ4v) is 3.75. The number of fused-ring (bicyclic) bond motifs is 1. The zero-order valence-electron chi connectivity index (χ0n) is 15.1. The van der Waals surface area contributed by atoms with Gasteiger partial charge >= 0.3 is 5.69 Å². The first kappa shape index (κ1) is 19.8. The van der Waals surface area contributed by atoms with Crippen LogP contribution in [0.1, 0.15) is 18.9 Å². The Morgan fingerprint density at radius 3 is 2.71 bits per heavy atom. The van der Waals surface area contributed by atoms with Gasteiger partial charge in [-0.25, -0.2) is 13.6 Å². The number of aryl methyl sites for hydroxylation is 1. The van der Waals surface area contributed by atoms with Crippen molar-refractivity contribution in [2.45, 2.75) is 30.7 Å². The van der Waals surface area contributed by atoms with Crippen molar-refractivity contribution in [3.63, 3.8) is 0 Å². The Bertz CT molecular complexity index is 1040. The molecule has 2 N–H and O–H groups in total. The number of nitrogens with zero attached hydrogens (tertiary/aromatic N) is 2. The van der Waals surface area contributed by atoms with Gasteiger partial charge in [0.15, 0.2) is 12.4 Å². The van der Waals surface area contributed by atoms with E-state index in [1.165, 1.54) is 0 Å². The van der Waals surface area contributed by atoms with E-state index in [1.807, 2.05) is 31.2 Å². The predicted molar refractivity (Wildman–Crippen MR) is 102 cm³/mol. The molecule has 0 saturated carbocycles. The summed E-state index contributed by atoms with van der Waals surface area (Å²) in [6, 6.07) is 10.6. The summed E-state index contributed by atoms with van der Waals surface area (Å²) >= 11 is 0. The number of carbonyl (C=O) groups excluding carboxylic acids is 1. The van der Waals surface area contributed by atoms with E-state index in [9.17, 15) is 23.3 Å². The van der Waals surface area contributed by atoms with Crippen LogP contribution >= 0.6 is 0 Å². The predicted octanol–water partition coefficient (Wildman–Crippen LogP) is 1.99. The van der Waals surface area contributed by atoms with Crippen molar-refractivity contribution < 1.29 is 22.9 Å². The third-order valence-corrected chi connectivity index (χ3v) is 5.51. The van der Waals surface area contributed by atoms with E-state index in [2.05, 4.69) is 0 Å². The molecule has 0 bridgehead atoms. The van der Waals surface area contributed by atoms with Crippen LogP contribution in [0.5, 0.6) is 5.75 Å². The average Bonchev–Trinajstić information content (AvgIpc) is 2.65. The SMILES string of the molecule is CC1CCc2ccccc2N1C(=O)COc1ccc(S(N)(=O)=O)cc1[N+](=O)[O-]. The number of benzene rings is 2. The van der Waals surface area contributed by atoms with E-state index in [4.69, 9.17) is 9.88 Å². The molecule has 2 aromatic carbocycles. The molecule has 1 aliphatic rings. The lowest BCUT2D eigenvalue weighted by Crippen LogP contribution is -2.44. The second kappa shape index (κ2) is 7.56. The first-order chi connectivity index (χ1) is 13.2. The van der Waals surface area contributed by atoms with Gasteiger partial charge in [-0.15, -0.1) is 0 Å². The number of nitro benzene ring substituents is 1. The van der Waals surface area contributed by atoms with E-state index in [0.29, 0.717) is 0 Å². The van der Waals surface area contributed by atoms with Crippen molar-refractivity contribution in [3.05, 3.63) is 58.1 Å². The van der Waals surface area contributed by atoms with Gasteiger partial charge in [-0.2, -0.15) is 0 Å². The monoisotopic (exact) mass is 405 g/mol. The van der Waals surface area contributed by atoms with Crippen LogP contribution in [-0.2, 0) is 21.2 Å². The van der Waals surface area contributed by atoms with Gasteiger partial charge in [0.05, 0.1) is 9.82 Å². The lowest BCUT2D eigenvalue weighted by molar-refractivity contribution is -0.386. The normalized spacial score (nSPS) is 16.4. The molecule has 0 fully saturated rings. The van der Waals surface area contributed by atoms with Gasteiger partial charge in [0.25, 0.3) is 5.91 Å². The molecular formula is C18H19N3O6S. The van der Waals surface area contributed by atoms with Gasteiger partial charge in [-0.3, -0.25) is 14.9 Å². The molecule has 0 saturated heterocycles. The first-order valence-electron chi connectivity index (χ1n) is 8.52. The van der Waals surface area contributed by atoms with Crippen molar-refractivity contribution in [3.8, 4) is 5.75 Å². The Balaban J connectivity index is 1.83. The van der Waals surface area contributed by atoms with Gasteiger partial charge in [0, 0.05) is 17.8 Å². The zero-order valence-corrected chi connectivity index (χ0v) is 15.9. The van der Waals surface area contributed by atoms with Crippen molar-refractivity contribution in [1.82, 2.24) is 0 Å². The summed E-state index contributed by atoms with van der Waals surface area (Å²) < 4.78 is 28.2. The van der Waals surface area contributed by atoms with Crippen LogP contribution in [0.15, 0.2) is 47.4 Å². The van der Waals surface area contributed by atoms with Crippen molar-refractivity contribution in [2.24, 2.45) is 5.14 Å². The maximum atomic E-state index is 12.8. The van der Waals surface area contributed by atoms with Gasteiger partial charge < -0.3 is 9.64 Å². The van der Waals surface area contributed by atoms with E-state index in [-0.39, 0.29) is 17.7 Å². The summed E-state index contributed by atoms with van der Waals surface area (Å²) in [5, 5.41) is 16.3. The third kappa shape index (κ3) is 3.97. The van der Waals surface area contributed by atoms with Crippen molar-refractivity contribution in [2.75, 3.05) is 11.5 Å². The highest BCUT2D eigenvalue weighted by atomic mass is 32.2. The molecule has 1 heterocycles. The number of sulfonamides is 1. The van der Waals surface area contributed by atoms with Crippen LogP contribution in [0.3, 0.4) is 0 Å². The lowest BCUT2D eigenvalue weighted by Gasteiger charge is -2.35. The van der Waals surface area contributed by atoms with Crippen LogP contribution < -0.4 is 14.8 Å². The molecule has 0 aromatic heterocycles. The van der Waals surface area contributed by atoms with E-state index < -0.39 is 32.1 Å². The Morgan fingerprint density at radius 1 is 1.32 bits per heavy atom. The fraction of sp³-hybridized carbons (Fsp3) is 0.278. The molecular weight excluding hydrogens is 386 g/mol. The standard InChI is InChI=1S/C18H19N3O6S/c1-12-6-7-13-4-2-3-5-15(13)20(12)18(22)11-27-17-9-8-14(28(19,25)26)10-16(17)21(23)24/h2-5,8-10,12H,6-7,11H2,1H3,(H2,19,25,26). The number of hydrogen-bond donors (Lipinski definition) is 1. The summed E-state index contributed by atoms with van der Waals surface area (Å²) in [7, 11) is -4.10. The third-order valence-electron chi connectivity index (χ3n) is 4.60. The van der Waals surface area contributed by atoms with Gasteiger partial charge in [-0.05, 0) is 43.5 Å². The number of anilines is 1. The molecule has 1 aliphatic heterocycles. The number of para-hydroxylation sites is 1. The Hall–Kier alpha value is -2.98. The highest BCUT2D eigenvalue weighted by Crippen LogP contribution is 2.32. The summed E-state index contributed by atoms with van der Waals surface area (Å²) in [5.74, 6) is -0.548. The van der Waals surface area contributed by atoms with Gasteiger partial charge in [0.2, 0.25) is 10.0 Å². The van der Waals surface area contributed by atoms with E-state index in [1.54, 1.807) is 4.90 Å². The Morgan fingerprint density at radius 2 is 2.04 bits per heavy atom. The molecule has 9 nitrogen and oxygen atoms in total. The number of hydrogen-bond acceptors (Lipinski definition) is 6.